The van der Waals surface area contributed by atoms with Crippen LogP contribution in [0.3, 0.4) is 0 Å². The molecule has 1 atom stereocenters. The third kappa shape index (κ3) is 3.77. The lowest BCUT2D eigenvalue weighted by molar-refractivity contribution is 0.0917. The molecule has 0 bridgehead atoms. The number of methoxy groups -OCH3 is 1. The lowest BCUT2D eigenvalue weighted by atomic mass is 10.1. The smallest absolute Gasteiger partial charge is 0.260 e. The molecular formula is C25H24N2O3S. The molecule has 5 rings (SSSR count). The Morgan fingerprint density at radius 1 is 1.19 bits per heavy atom. The molecule has 1 unspecified atom stereocenters. The maximum Gasteiger partial charge on any atom is 0.260 e. The largest absolute Gasteiger partial charge is 0.494 e. The summed E-state index contributed by atoms with van der Waals surface area (Å²) < 4.78 is 12.4. The van der Waals surface area contributed by atoms with E-state index in [4.69, 9.17) is 14.5 Å². The van der Waals surface area contributed by atoms with E-state index in [0.29, 0.717) is 17.2 Å². The van der Waals surface area contributed by atoms with Crippen molar-refractivity contribution in [3.8, 4) is 5.75 Å². The number of hydrogen-bond acceptors (Lipinski definition) is 5. The molecule has 158 valence electrons. The maximum absolute atomic E-state index is 13.7. The molecule has 6 heteroatoms. The Hall–Kier alpha value is -2.96. The van der Waals surface area contributed by atoms with Gasteiger partial charge in [-0.3, -0.25) is 9.69 Å². The Morgan fingerprint density at radius 2 is 2.03 bits per heavy atom. The average molecular weight is 433 g/mol. The Balaban J connectivity index is 1.58. The second-order valence-electron chi connectivity index (χ2n) is 7.87. The molecule has 4 aromatic rings. The van der Waals surface area contributed by atoms with Crippen molar-refractivity contribution in [2.24, 2.45) is 0 Å². The van der Waals surface area contributed by atoms with E-state index in [9.17, 15) is 4.79 Å². The first-order valence-electron chi connectivity index (χ1n) is 10.5. The predicted octanol–water partition coefficient (Wildman–Crippen LogP) is 5.59. The highest BCUT2D eigenvalue weighted by Gasteiger charge is 2.28. The lowest BCUT2D eigenvalue weighted by Crippen LogP contribution is -2.37. The standard InChI is InChI=1S/C25H24N2O3S/c1-16-9-12-21(29-2)22-23(16)31-25(26-22)27(15-20-8-5-13-30-20)24(28)19-11-10-17-6-3-4-7-18(17)14-19/h3-4,6-7,9-12,14,20H,5,8,13,15H2,1-2H3. The van der Waals surface area contributed by atoms with E-state index in [-0.39, 0.29) is 12.0 Å². The normalized spacial score (nSPS) is 16.1. The van der Waals surface area contributed by atoms with Crippen molar-refractivity contribution in [1.82, 2.24) is 4.98 Å². The van der Waals surface area contributed by atoms with Crippen molar-refractivity contribution in [2.75, 3.05) is 25.2 Å². The zero-order valence-corrected chi connectivity index (χ0v) is 18.4. The Labute approximate surface area is 185 Å². The molecule has 0 saturated carbocycles. The van der Waals surface area contributed by atoms with E-state index < -0.39 is 0 Å². The fourth-order valence-electron chi connectivity index (χ4n) is 4.10. The van der Waals surface area contributed by atoms with Crippen molar-refractivity contribution in [3.63, 3.8) is 0 Å². The number of aryl methyl sites for hydroxylation is 1. The number of carbonyl (C=O) groups is 1. The molecule has 1 aromatic heterocycles. The van der Waals surface area contributed by atoms with Gasteiger partial charge in [-0.25, -0.2) is 4.98 Å². The first-order chi connectivity index (χ1) is 15.1. The second kappa shape index (κ2) is 8.29. The number of hydrogen-bond donors (Lipinski definition) is 0. The predicted molar refractivity (Wildman–Crippen MR) is 126 cm³/mol. The van der Waals surface area contributed by atoms with Crippen LogP contribution in [0.1, 0.15) is 28.8 Å². The number of carbonyl (C=O) groups excluding carboxylic acids is 1. The average Bonchev–Trinajstić information content (AvgIpc) is 3.47. The number of thiazole rings is 1. The number of ether oxygens (including phenoxy) is 2. The number of nitrogens with zero attached hydrogens (tertiary/aromatic N) is 2. The third-order valence-corrected chi connectivity index (χ3v) is 7.01. The molecule has 2 heterocycles. The van der Waals surface area contributed by atoms with Crippen LogP contribution in [0, 0.1) is 6.92 Å². The molecule has 0 spiro atoms. The Bertz CT molecular complexity index is 1260. The van der Waals surface area contributed by atoms with Gasteiger partial charge in [-0.1, -0.05) is 47.7 Å². The summed E-state index contributed by atoms with van der Waals surface area (Å²) >= 11 is 1.53. The van der Waals surface area contributed by atoms with Crippen LogP contribution in [0.15, 0.2) is 54.6 Å². The van der Waals surface area contributed by atoms with E-state index in [1.807, 2.05) is 48.5 Å². The minimum Gasteiger partial charge on any atom is -0.494 e. The van der Waals surface area contributed by atoms with Gasteiger partial charge in [0.15, 0.2) is 5.13 Å². The summed E-state index contributed by atoms with van der Waals surface area (Å²) in [4.78, 5) is 20.3. The number of aromatic nitrogens is 1. The topological polar surface area (TPSA) is 51.7 Å². The van der Waals surface area contributed by atoms with E-state index in [1.54, 1.807) is 12.0 Å². The van der Waals surface area contributed by atoms with Crippen LogP contribution in [-0.2, 0) is 4.74 Å². The first kappa shape index (κ1) is 20.0. The highest BCUT2D eigenvalue weighted by atomic mass is 32.1. The molecule has 3 aromatic carbocycles. The van der Waals surface area contributed by atoms with Crippen molar-refractivity contribution >= 4 is 43.4 Å². The van der Waals surface area contributed by atoms with Gasteiger partial charge in [-0.15, -0.1) is 0 Å². The van der Waals surface area contributed by atoms with E-state index in [1.165, 1.54) is 11.3 Å². The summed E-state index contributed by atoms with van der Waals surface area (Å²) in [6.07, 6.45) is 2.00. The molecule has 1 aliphatic rings. The van der Waals surface area contributed by atoms with Crippen molar-refractivity contribution < 1.29 is 14.3 Å². The van der Waals surface area contributed by atoms with Gasteiger partial charge in [0.2, 0.25) is 0 Å². The van der Waals surface area contributed by atoms with Crippen LogP contribution < -0.4 is 9.64 Å². The van der Waals surface area contributed by atoms with E-state index >= 15 is 0 Å². The van der Waals surface area contributed by atoms with Gasteiger partial charge in [0, 0.05) is 12.2 Å². The molecule has 5 nitrogen and oxygen atoms in total. The highest BCUT2D eigenvalue weighted by Crippen LogP contribution is 2.37. The van der Waals surface area contributed by atoms with Crippen molar-refractivity contribution in [3.05, 3.63) is 65.7 Å². The molecule has 0 N–H and O–H groups in total. The van der Waals surface area contributed by atoms with Gasteiger partial charge in [0.25, 0.3) is 5.91 Å². The van der Waals surface area contributed by atoms with Gasteiger partial charge >= 0.3 is 0 Å². The Kier molecular flexibility index (Phi) is 5.34. The molecular weight excluding hydrogens is 408 g/mol. The number of anilines is 1. The zero-order chi connectivity index (χ0) is 21.4. The van der Waals surface area contributed by atoms with Gasteiger partial charge < -0.3 is 9.47 Å². The zero-order valence-electron chi connectivity index (χ0n) is 17.6. The summed E-state index contributed by atoms with van der Waals surface area (Å²) in [6.45, 7) is 3.29. The highest BCUT2D eigenvalue weighted by molar-refractivity contribution is 7.22. The van der Waals surface area contributed by atoms with Crippen LogP contribution in [0.2, 0.25) is 0 Å². The molecule has 31 heavy (non-hydrogen) atoms. The Morgan fingerprint density at radius 3 is 2.81 bits per heavy atom. The van der Waals surface area contributed by atoms with E-state index in [0.717, 1.165) is 51.8 Å². The van der Waals surface area contributed by atoms with Crippen LogP contribution in [0.5, 0.6) is 5.75 Å². The van der Waals surface area contributed by atoms with Crippen LogP contribution in [0.4, 0.5) is 5.13 Å². The van der Waals surface area contributed by atoms with Gasteiger partial charge in [0.1, 0.15) is 11.3 Å². The minimum absolute atomic E-state index is 0.0272. The lowest BCUT2D eigenvalue weighted by Gasteiger charge is -2.23. The van der Waals surface area contributed by atoms with Crippen LogP contribution in [-0.4, -0.2) is 37.3 Å². The van der Waals surface area contributed by atoms with Crippen LogP contribution >= 0.6 is 11.3 Å². The molecule has 1 fully saturated rings. The van der Waals surface area contributed by atoms with Gasteiger partial charge in [-0.2, -0.15) is 0 Å². The maximum atomic E-state index is 13.7. The minimum atomic E-state index is -0.0584. The van der Waals surface area contributed by atoms with Crippen LogP contribution in [0.25, 0.3) is 21.0 Å². The number of rotatable bonds is 5. The summed E-state index contributed by atoms with van der Waals surface area (Å²) in [5, 5.41) is 2.84. The summed E-state index contributed by atoms with van der Waals surface area (Å²) in [5.74, 6) is 0.662. The summed E-state index contributed by atoms with van der Waals surface area (Å²) in [7, 11) is 1.65. The number of fused-ring (bicyclic) bond motifs is 2. The molecule has 0 aliphatic carbocycles. The molecule has 1 amide bonds. The van der Waals surface area contributed by atoms with E-state index in [2.05, 4.69) is 13.0 Å². The monoisotopic (exact) mass is 432 g/mol. The molecule has 1 saturated heterocycles. The van der Waals surface area contributed by atoms with Crippen molar-refractivity contribution in [1.29, 1.82) is 0 Å². The van der Waals surface area contributed by atoms with Gasteiger partial charge in [0.05, 0.1) is 24.5 Å². The SMILES string of the molecule is COc1ccc(C)c2sc(N(CC3CCCO3)C(=O)c3ccc4ccccc4c3)nc12. The summed E-state index contributed by atoms with van der Waals surface area (Å²) in [6, 6.07) is 17.9. The first-order valence-corrected chi connectivity index (χ1v) is 11.3. The summed E-state index contributed by atoms with van der Waals surface area (Å²) in [5.41, 5.74) is 2.57. The molecule has 1 aliphatic heterocycles. The van der Waals surface area contributed by atoms with Crippen molar-refractivity contribution in [2.45, 2.75) is 25.9 Å². The number of benzene rings is 3. The third-order valence-electron chi connectivity index (χ3n) is 5.79. The van der Waals surface area contributed by atoms with Gasteiger partial charge in [-0.05, 0) is 54.3 Å². The fraction of sp³-hybridized carbons (Fsp3) is 0.280. The number of amides is 1. The quantitative estimate of drug-likeness (QED) is 0.412. The fourth-order valence-corrected chi connectivity index (χ4v) is 5.16. The second-order valence-corrected chi connectivity index (χ2v) is 8.85. The molecule has 0 radical (unpaired) electrons.